The van der Waals surface area contributed by atoms with Crippen LogP contribution in [-0.2, 0) is 0 Å². The highest BCUT2D eigenvalue weighted by molar-refractivity contribution is 6.30. The van der Waals surface area contributed by atoms with Gasteiger partial charge in [-0.2, -0.15) is 0 Å². The zero-order valence-corrected chi connectivity index (χ0v) is 8.35. The van der Waals surface area contributed by atoms with Crippen LogP contribution in [0.4, 0.5) is 4.39 Å². The Morgan fingerprint density at radius 2 is 2.21 bits per heavy atom. The van der Waals surface area contributed by atoms with Crippen molar-refractivity contribution in [1.29, 1.82) is 0 Å². The molecule has 0 heterocycles. The Bertz CT molecular complexity index is 352. The minimum atomic E-state index is -0.461. The molecule has 2 N–H and O–H groups in total. The fourth-order valence-corrected chi connectivity index (χ4v) is 1.40. The van der Waals surface area contributed by atoms with Crippen molar-refractivity contribution in [2.75, 3.05) is 6.54 Å². The van der Waals surface area contributed by atoms with Crippen molar-refractivity contribution in [2.45, 2.75) is 18.4 Å². The monoisotopic (exact) mass is 215 g/mol. The van der Waals surface area contributed by atoms with E-state index in [1.165, 1.54) is 12.1 Å². The lowest BCUT2D eigenvalue weighted by atomic mass is 10.3. The van der Waals surface area contributed by atoms with Crippen LogP contribution in [0.15, 0.2) is 18.2 Å². The van der Waals surface area contributed by atoms with Crippen LogP contribution < -0.4 is 10.5 Å². The fraction of sp³-hybridized carbons (Fsp3) is 0.400. The molecule has 1 fully saturated rings. The topological polar surface area (TPSA) is 35.2 Å². The lowest BCUT2D eigenvalue weighted by molar-refractivity contribution is 0.187. The van der Waals surface area contributed by atoms with Gasteiger partial charge in [0.15, 0.2) is 0 Å². The summed E-state index contributed by atoms with van der Waals surface area (Å²) in [6.07, 6.45) is 1.88. The van der Waals surface area contributed by atoms with Gasteiger partial charge in [0.05, 0.1) is 5.02 Å². The maximum atomic E-state index is 13.0. The molecule has 0 saturated heterocycles. The Labute approximate surface area is 86.8 Å². The quantitative estimate of drug-likeness (QED) is 0.840. The van der Waals surface area contributed by atoms with Crippen LogP contribution in [-0.4, -0.2) is 12.1 Å². The predicted octanol–water partition coefficient (Wildman–Crippen LogP) is 2.35. The molecule has 0 bridgehead atoms. The van der Waals surface area contributed by atoms with Crippen LogP contribution in [0.2, 0.25) is 5.02 Å². The molecule has 0 aliphatic heterocycles. The maximum Gasteiger partial charge on any atom is 0.145 e. The molecule has 1 aromatic carbocycles. The first-order valence-corrected chi connectivity index (χ1v) is 4.87. The number of hydrogen-bond donors (Lipinski definition) is 1. The predicted molar refractivity (Wildman–Crippen MR) is 53.1 cm³/mol. The second-order valence-corrected chi connectivity index (χ2v) is 3.97. The van der Waals surface area contributed by atoms with Gasteiger partial charge in [-0.25, -0.2) is 4.39 Å². The van der Waals surface area contributed by atoms with Gasteiger partial charge in [0.1, 0.15) is 17.2 Å². The van der Waals surface area contributed by atoms with Gasteiger partial charge in [-0.1, -0.05) is 11.6 Å². The zero-order valence-electron chi connectivity index (χ0n) is 7.59. The third-order valence-corrected chi connectivity index (χ3v) is 2.71. The Morgan fingerprint density at radius 3 is 2.71 bits per heavy atom. The molecule has 1 aromatic rings. The molecule has 14 heavy (non-hydrogen) atoms. The van der Waals surface area contributed by atoms with Crippen molar-refractivity contribution in [3.05, 3.63) is 29.0 Å². The molecule has 2 rings (SSSR count). The minimum Gasteiger partial charge on any atom is -0.486 e. The zero-order chi connectivity index (χ0) is 10.2. The lowest BCUT2D eigenvalue weighted by Crippen LogP contribution is -2.28. The summed E-state index contributed by atoms with van der Waals surface area (Å²) in [7, 11) is 0. The van der Waals surface area contributed by atoms with Gasteiger partial charge in [0, 0.05) is 12.6 Å². The van der Waals surface area contributed by atoms with Crippen molar-refractivity contribution in [1.82, 2.24) is 0 Å². The van der Waals surface area contributed by atoms with E-state index in [1.807, 2.05) is 0 Å². The first-order chi connectivity index (χ1) is 6.65. The Kier molecular flexibility index (Phi) is 2.37. The molecule has 76 valence electrons. The Morgan fingerprint density at radius 1 is 1.50 bits per heavy atom. The van der Waals surface area contributed by atoms with E-state index in [4.69, 9.17) is 22.1 Å². The molecule has 4 heteroatoms. The molecular formula is C10H11ClFNO. The molecule has 0 atom stereocenters. The van der Waals surface area contributed by atoms with E-state index in [1.54, 1.807) is 6.07 Å². The summed E-state index contributed by atoms with van der Waals surface area (Å²) in [5, 5.41) is 0.106. The average molecular weight is 216 g/mol. The van der Waals surface area contributed by atoms with Crippen molar-refractivity contribution in [3.63, 3.8) is 0 Å². The van der Waals surface area contributed by atoms with E-state index in [2.05, 4.69) is 0 Å². The Balaban J connectivity index is 2.14. The van der Waals surface area contributed by atoms with E-state index >= 15 is 0 Å². The fourth-order valence-electron chi connectivity index (χ4n) is 1.28. The summed E-state index contributed by atoms with van der Waals surface area (Å²) in [6.45, 7) is 0.469. The minimum absolute atomic E-state index is 0.106. The molecular weight excluding hydrogens is 205 g/mol. The molecule has 0 aromatic heterocycles. The smallest absolute Gasteiger partial charge is 0.145 e. The summed E-state index contributed by atoms with van der Waals surface area (Å²) >= 11 is 5.55. The van der Waals surface area contributed by atoms with Crippen LogP contribution >= 0.6 is 11.6 Å². The first-order valence-electron chi connectivity index (χ1n) is 4.49. The van der Waals surface area contributed by atoms with Gasteiger partial charge < -0.3 is 10.5 Å². The normalized spacial score (nSPS) is 17.9. The van der Waals surface area contributed by atoms with Crippen molar-refractivity contribution < 1.29 is 9.13 Å². The van der Waals surface area contributed by atoms with Crippen molar-refractivity contribution >= 4 is 11.6 Å². The largest absolute Gasteiger partial charge is 0.486 e. The van der Waals surface area contributed by atoms with Gasteiger partial charge in [0.25, 0.3) is 0 Å². The van der Waals surface area contributed by atoms with Crippen LogP contribution in [0.3, 0.4) is 0 Å². The van der Waals surface area contributed by atoms with E-state index in [9.17, 15) is 4.39 Å². The van der Waals surface area contributed by atoms with Crippen molar-refractivity contribution in [3.8, 4) is 5.75 Å². The molecule has 0 amide bonds. The third kappa shape index (κ3) is 1.83. The van der Waals surface area contributed by atoms with Gasteiger partial charge >= 0.3 is 0 Å². The second-order valence-electron chi connectivity index (χ2n) is 3.57. The lowest BCUT2D eigenvalue weighted by Gasteiger charge is -2.15. The van der Waals surface area contributed by atoms with Crippen molar-refractivity contribution in [2.24, 2.45) is 5.73 Å². The SMILES string of the molecule is NCC1(Oc2ccc(Cl)c(F)c2)CC1. The summed E-state index contributed by atoms with van der Waals surface area (Å²) in [5.41, 5.74) is 5.29. The number of halogens is 2. The number of hydrogen-bond acceptors (Lipinski definition) is 2. The maximum absolute atomic E-state index is 13.0. The number of rotatable bonds is 3. The number of nitrogens with two attached hydrogens (primary N) is 1. The number of benzene rings is 1. The van der Waals surface area contributed by atoms with Gasteiger partial charge in [-0.15, -0.1) is 0 Å². The van der Waals surface area contributed by atoms with E-state index < -0.39 is 5.82 Å². The third-order valence-electron chi connectivity index (χ3n) is 2.41. The van der Waals surface area contributed by atoms with E-state index in [0.29, 0.717) is 12.3 Å². The average Bonchev–Trinajstić information content (AvgIpc) is 2.93. The molecule has 1 saturated carbocycles. The molecule has 0 radical (unpaired) electrons. The molecule has 0 unspecified atom stereocenters. The first kappa shape index (κ1) is 9.74. The standard InChI is InChI=1S/C10H11ClFNO/c11-8-2-1-7(5-9(8)12)14-10(6-13)3-4-10/h1-2,5H,3-4,6,13H2. The van der Waals surface area contributed by atoms with Crippen LogP contribution in [0.5, 0.6) is 5.75 Å². The summed E-state index contributed by atoms with van der Waals surface area (Å²) in [5.74, 6) is 0.0341. The van der Waals surface area contributed by atoms with E-state index in [0.717, 1.165) is 12.8 Å². The van der Waals surface area contributed by atoms with E-state index in [-0.39, 0.29) is 10.6 Å². The van der Waals surface area contributed by atoms with Gasteiger partial charge in [-0.05, 0) is 25.0 Å². The summed E-state index contributed by atoms with van der Waals surface area (Å²) in [6, 6.07) is 4.43. The molecule has 1 aliphatic carbocycles. The van der Waals surface area contributed by atoms with Gasteiger partial charge in [-0.3, -0.25) is 0 Å². The molecule has 1 aliphatic rings. The highest BCUT2D eigenvalue weighted by Crippen LogP contribution is 2.39. The van der Waals surface area contributed by atoms with Gasteiger partial charge in [0.2, 0.25) is 0 Å². The highest BCUT2D eigenvalue weighted by atomic mass is 35.5. The number of ether oxygens (including phenoxy) is 1. The molecule has 0 spiro atoms. The van der Waals surface area contributed by atoms with Crippen LogP contribution in [0.1, 0.15) is 12.8 Å². The van der Waals surface area contributed by atoms with Crippen LogP contribution in [0, 0.1) is 5.82 Å². The summed E-state index contributed by atoms with van der Waals surface area (Å²) in [4.78, 5) is 0. The Hall–Kier alpha value is -0.800. The molecule has 2 nitrogen and oxygen atoms in total. The summed E-state index contributed by atoms with van der Waals surface area (Å²) < 4.78 is 18.6. The highest BCUT2D eigenvalue weighted by Gasteiger charge is 2.44. The van der Waals surface area contributed by atoms with Crippen LogP contribution in [0.25, 0.3) is 0 Å². The second kappa shape index (κ2) is 3.41.